The van der Waals surface area contributed by atoms with E-state index in [1.807, 2.05) is 18.2 Å². The molecule has 1 fully saturated rings. The number of carbonyl (C=O) groups is 1. The average molecular weight is 383 g/mol. The van der Waals surface area contributed by atoms with Crippen LogP contribution in [-0.4, -0.2) is 11.9 Å². The monoisotopic (exact) mass is 382 g/mol. The number of anilines is 2. The van der Waals surface area contributed by atoms with Crippen molar-refractivity contribution in [2.24, 2.45) is 0 Å². The zero-order valence-electron chi connectivity index (χ0n) is 14.6. The molecular weight excluding hydrogens is 364 g/mol. The molecule has 0 bridgehead atoms. The number of rotatable bonds is 4. The Labute approximate surface area is 161 Å². The highest BCUT2D eigenvalue weighted by atomic mass is 35.5. The van der Waals surface area contributed by atoms with Gasteiger partial charge in [0.2, 0.25) is 0 Å². The molecule has 27 heavy (non-hydrogen) atoms. The standard InChI is InChI=1S/C21H19ClN2O3/c22-14-7-5-6-13(12-14)20(25)24-19-18(23-15-8-1-2-9-15)16-10-3-4-11-17(16)27-21(19)26/h3-7,10-12,15,23H,1-2,8-9H2,(H,24,25). The van der Waals surface area contributed by atoms with Crippen molar-refractivity contribution >= 4 is 39.9 Å². The normalized spacial score (nSPS) is 14.4. The van der Waals surface area contributed by atoms with Crippen LogP contribution in [0.2, 0.25) is 5.02 Å². The van der Waals surface area contributed by atoms with E-state index >= 15 is 0 Å². The van der Waals surface area contributed by atoms with E-state index in [9.17, 15) is 9.59 Å². The molecule has 2 aromatic carbocycles. The van der Waals surface area contributed by atoms with Crippen molar-refractivity contribution in [2.75, 3.05) is 10.6 Å². The van der Waals surface area contributed by atoms with E-state index in [1.165, 1.54) is 0 Å². The highest BCUT2D eigenvalue weighted by Crippen LogP contribution is 2.32. The molecule has 0 unspecified atom stereocenters. The summed E-state index contributed by atoms with van der Waals surface area (Å²) in [7, 11) is 0. The maximum atomic E-state index is 12.7. The second kappa shape index (κ2) is 7.45. The van der Waals surface area contributed by atoms with Gasteiger partial charge in [-0.1, -0.05) is 42.6 Å². The Morgan fingerprint density at radius 1 is 1.04 bits per heavy atom. The number of para-hydroxylation sites is 1. The zero-order chi connectivity index (χ0) is 18.8. The van der Waals surface area contributed by atoms with Crippen molar-refractivity contribution in [3.05, 3.63) is 69.5 Å². The minimum absolute atomic E-state index is 0.130. The lowest BCUT2D eigenvalue weighted by Crippen LogP contribution is -2.23. The van der Waals surface area contributed by atoms with Gasteiger partial charge in [0.1, 0.15) is 5.58 Å². The van der Waals surface area contributed by atoms with E-state index < -0.39 is 11.5 Å². The fraction of sp³-hybridized carbons (Fsp3) is 0.238. The summed E-state index contributed by atoms with van der Waals surface area (Å²) < 4.78 is 5.42. The number of benzene rings is 2. The van der Waals surface area contributed by atoms with Crippen molar-refractivity contribution in [1.82, 2.24) is 0 Å². The van der Waals surface area contributed by atoms with Crippen molar-refractivity contribution in [1.29, 1.82) is 0 Å². The summed E-state index contributed by atoms with van der Waals surface area (Å²) in [4.78, 5) is 25.3. The SMILES string of the molecule is O=C(Nc1c(NC2CCCC2)c2ccccc2oc1=O)c1cccc(Cl)c1. The molecule has 0 spiro atoms. The van der Waals surface area contributed by atoms with Gasteiger partial charge in [-0.2, -0.15) is 0 Å². The van der Waals surface area contributed by atoms with Crippen molar-refractivity contribution in [3.8, 4) is 0 Å². The molecule has 5 nitrogen and oxygen atoms in total. The first kappa shape index (κ1) is 17.6. The van der Waals surface area contributed by atoms with Gasteiger partial charge in [0.25, 0.3) is 5.91 Å². The number of hydrogen-bond acceptors (Lipinski definition) is 4. The Morgan fingerprint density at radius 2 is 1.81 bits per heavy atom. The lowest BCUT2D eigenvalue weighted by Gasteiger charge is -2.18. The van der Waals surface area contributed by atoms with E-state index in [-0.39, 0.29) is 11.7 Å². The Bertz CT molecular complexity index is 1050. The van der Waals surface area contributed by atoms with Crippen LogP contribution in [0, 0.1) is 0 Å². The van der Waals surface area contributed by atoms with Crippen LogP contribution in [0.4, 0.5) is 11.4 Å². The Hall–Kier alpha value is -2.79. The van der Waals surface area contributed by atoms with Gasteiger partial charge in [-0.3, -0.25) is 4.79 Å². The van der Waals surface area contributed by atoms with Crippen molar-refractivity contribution in [2.45, 2.75) is 31.7 Å². The Morgan fingerprint density at radius 3 is 2.59 bits per heavy atom. The summed E-state index contributed by atoms with van der Waals surface area (Å²) in [5.41, 5.74) is 1.03. The smallest absolute Gasteiger partial charge is 0.362 e. The molecule has 1 aliphatic carbocycles. The fourth-order valence-corrected chi connectivity index (χ4v) is 3.69. The molecule has 0 radical (unpaired) electrons. The van der Waals surface area contributed by atoms with Crippen molar-refractivity contribution in [3.63, 3.8) is 0 Å². The highest BCUT2D eigenvalue weighted by Gasteiger charge is 2.22. The number of nitrogens with one attached hydrogen (secondary N) is 2. The minimum Gasteiger partial charge on any atom is -0.421 e. The van der Waals surface area contributed by atoms with Gasteiger partial charge in [-0.25, -0.2) is 4.79 Å². The van der Waals surface area contributed by atoms with Crippen LogP contribution in [0.5, 0.6) is 0 Å². The molecule has 4 rings (SSSR count). The first-order valence-corrected chi connectivity index (χ1v) is 9.39. The lowest BCUT2D eigenvalue weighted by molar-refractivity contribution is 0.102. The molecule has 6 heteroatoms. The molecule has 3 aromatic rings. The van der Waals surface area contributed by atoms with Gasteiger partial charge in [-0.15, -0.1) is 0 Å². The second-order valence-electron chi connectivity index (χ2n) is 6.73. The van der Waals surface area contributed by atoms with Crippen LogP contribution in [0.25, 0.3) is 11.0 Å². The third-order valence-electron chi connectivity index (χ3n) is 4.84. The molecule has 2 N–H and O–H groups in total. The van der Waals surface area contributed by atoms with E-state index in [0.29, 0.717) is 21.9 Å². The first-order chi connectivity index (χ1) is 13.1. The molecule has 0 aliphatic heterocycles. The third-order valence-corrected chi connectivity index (χ3v) is 5.08. The summed E-state index contributed by atoms with van der Waals surface area (Å²) in [6.07, 6.45) is 4.38. The number of fused-ring (bicyclic) bond motifs is 1. The van der Waals surface area contributed by atoms with Crippen LogP contribution in [0.15, 0.2) is 57.7 Å². The van der Waals surface area contributed by atoms with Gasteiger partial charge >= 0.3 is 5.63 Å². The maximum absolute atomic E-state index is 12.7. The number of halogens is 1. The molecule has 138 valence electrons. The van der Waals surface area contributed by atoms with Gasteiger partial charge < -0.3 is 15.1 Å². The van der Waals surface area contributed by atoms with Gasteiger partial charge in [-0.05, 0) is 43.2 Å². The molecule has 1 heterocycles. The van der Waals surface area contributed by atoms with Crippen LogP contribution >= 0.6 is 11.6 Å². The van der Waals surface area contributed by atoms with Crippen LogP contribution in [0.1, 0.15) is 36.0 Å². The topological polar surface area (TPSA) is 71.3 Å². The predicted octanol–water partition coefficient (Wildman–Crippen LogP) is 5.05. The molecule has 1 aromatic heterocycles. The van der Waals surface area contributed by atoms with E-state index in [4.69, 9.17) is 16.0 Å². The summed E-state index contributed by atoms with van der Waals surface area (Å²) >= 11 is 5.97. The Kier molecular flexibility index (Phi) is 4.86. The summed E-state index contributed by atoms with van der Waals surface area (Å²) in [5.74, 6) is -0.408. The maximum Gasteiger partial charge on any atom is 0.362 e. The average Bonchev–Trinajstić information content (AvgIpc) is 3.17. The van der Waals surface area contributed by atoms with Crippen LogP contribution in [0.3, 0.4) is 0 Å². The summed E-state index contributed by atoms with van der Waals surface area (Å²) in [6.45, 7) is 0. The zero-order valence-corrected chi connectivity index (χ0v) is 15.4. The molecule has 1 aliphatic rings. The minimum atomic E-state index is -0.579. The van der Waals surface area contributed by atoms with E-state index in [2.05, 4.69) is 10.6 Å². The predicted molar refractivity (Wildman–Crippen MR) is 108 cm³/mol. The van der Waals surface area contributed by atoms with Crippen LogP contribution in [-0.2, 0) is 0 Å². The largest absolute Gasteiger partial charge is 0.421 e. The number of carbonyl (C=O) groups excluding carboxylic acids is 1. The molecule has 1 saturated carbocycles. The second-order valence-corrected chi connectivity index (χ2v) is 7.16. The van der Waals surface area contributed by atoms with Gasteiger partial charge in [0, 0.05) is 22.0 Å². The van der Waals surface area contributed by atoms with Gasteiger partial charge in [0.05, 0.1) is 5.69 Å². The van der Waals surface area contributed by atoms with E-state index in [0.717, 1.165) is 31.1 Å². The quantitative estimate of drug-likeness (QED) is 0.619. The van der Waals surface area contributed by atoms with Crippen molar-refractivity contribution < 1.29 is 9.21 Å². The van der Waals surface area contributed by atoms with Crippen LogP contribution < -0.4 is 16.3 Å². The summed E-state index contributed by atoms with van der Waals surface area (Å²) in [6, 6.07) is 14.2. The first-order valence-electron chi connectivity index (χ1n) is 9.01. The summed E-state index contributed by atoms with van der Waals surface area (Å²) in [5, 5.41) is 7.41. The number of amides is 1. The lowest BCUT2D eigenvalue weighted by atomic mass is 10.1. The molecular formula is C21H19ClN2O3. The third kappa shape index (κ3) is 3.69. The highest BCUT2D eigenvalue weighted by molar-refractivity contribution is 6.31. The Balaban J connectivity index is 1.77. The fourth-order valence-electron chi connectivity index (χ4n) is 3.50. The molecule has 0 atom stereocenters. The number of hydrogen-bond donors (Lipinski definition) is 2. The molecule has 1 amide bonds. The van der Waals surface area contributed by atoms with Gasteiger partial charge in [0.15, 0.2) is 5.69 Å². The molecule has 0 saturated heterocycles. The van der Waals surface area contributed by atoms with E-state index in [1.54, 1.807) is 30.3 Å².